The molecule has 0 bridgehead atoms. The van der Waals surface area contributed by atoms with Gasteiger partial charge in [-0.3, -0.25) is 4.98 Å². The second-order valence-electron chi connectivity index (χ2n) is 10.7. The van der Waals surface area contributed by atoms with Gasteiger partial charge in [-0.15, -0.1) is 0 Å². The number of benzene rings is 2. The number of hydrogen-bond acceptors (Lipinski definition) is 6. The van der Waals surface area contributed by atoms with E-state index in [9.17, 15) is 19.8 Å². The normalized spacial score (nSPS) is 12.2. The maximum Gasteiger partial charge on any atom is 0.410 e. The highest BCUT2D eigenvalue weighted by molar-refractivity contribution is 5.92. The molecule has 0 radical (unpaired) electrons. The standard InChI is InChI=1S/C31H38N2O6/c1-21(2)38-28-18-24(14-15-26(28)29(35)36)23-12-10-22(11-13-23)8-7-17-33(30(37)39-31(3,4)5)20-27(34)25-9-6-16-32-19-25/h6,9-16,18-19,21,27,34H,7-8,17,20H2,1-5H3,(H,35,36)/t27-/m1/s1. The number of carboxylic acid groups (broad SMARTS) is 1. The van der Waals surface area contributed by atoms with Crippen LogP contribution in [0.4, 0.5) is 4.79 Å². The third-order valence-electron chi connectivity index (χ3n) is 5.87. The van der Waals surface area contributed by atoms with Crippen LogP contribution in [0.5, 0.6) is 5.75 Å². The zero-order valence-corrected chi connectivity index (χ0v) is 23.3. The first-order valence-electron chi connectivity index (χ1n) is 13.1. The number of aliphatic hydroxyl groups is 1. The topological polar surface area (TPSA) is 109 Å². The fraction of sp³-hybridized carbons (Fsp3) is 0.387. The summed E-state index contributed by atoms with van der Waals surface area (Å²) in [6.45, 7) is 9.68. The lowest BCUT2D eigenvalue weighted by Gasteiger charge is -2.29. The van der Waals surface area contributed by atoms with Crippen LogP contribution in [0.2, 0.25) is 0 Å². The molecule has 0 aliphatic rings. The van der Waals surface area contributed by atoms with Crippen molar-refractivity contribution in [2.45, 2.75) is 65.3 Å². The zero-order valence-electron chi connectivity index (χ0n) is 23.3. The predicted molar refractivity (Wildman–Crippen MR) is 150 cm³/mol. The van der Waals surface area contributed by atoms with Crippen LogP contribution in [0, 0.1) is 0 Å². The highest BCUT2D eigenvalue weighted by Crippen LogP contribution is 2.29. The maximum absolute atomic E-state index is 12.9. The van der Waals surface area contributed by atoms with Gasteiger partial charge in [0.25, 0.3) is 0 Å². The number of rotatable bonds is 11. The molecule has 39 heavy (non-hydrogen) atoms. The molecule has 208 valence electrons. The number of ether oxygens (including phenoxy) is 2. The largest absolute Gasteiger partial charge is 0.490 e. The number of aliphatic hydroxyl groups excluding tert-OH is 1. The van der Waals surface area contributed by atoms with Crippen LogP contribution in [0.25, 0.3) is 11.1 Å². The molecule has 1 atom stereocenters. The molecule has 2 N–H and O–H groups in total. The Morgan fingerprint density at radius 3 is 2.31 bits per heavy atom. The molecular weight excluding hydrogens is 496 g/mol. The van der Waals surface area contributed by atoms with Crippen molar-refractivity contribution >= 4 is 12.1 Å². The summed E-state index contributed by atoms with van der Waals surface area (Å²) in [5.74, 6) is -0.685. The minimum Gasteiger partial charge on any atom is -0.490 e. The van der Waals surface area contributed by atoms with Crippen LogP contribution < -0.4 is 4.74 Å². The van der Waals surface area contributed by atoms with Crippen molar-refractivity contribution in [2.24, 2.45) is 0 Å². The van der Waals surface area contributed by atoms with Crippen molar-refractivity contribution in [1.29, 1.82) is 0 Å². The molecule has 3 aromatic rings. The van der Waals surface area contributed by atoms with Gasteiger partial charge in [-0.05, 0) is 82.3 Å². The first-order chi connectivity index (χ1) is 18.4. The lowest BCUT2D eigenvalue weighted by atomic mass is 10.00. The third-order valence-corrected chi connectivity index (χ3v) is 5.87. The van der Waals surface area contributed by atoms with E-state index in [1.165, 1.54) is 4.90 Å². The Kier molecular flexibility index (Phi) is 10.1. The SMILES string of the molecule is CC(C)Oc1cc(-c2ccc(CCCN(C[C@@H](O)c3cccnc3)C(=O)OC(C)(C)C)cc2)ccc1C(=O)O. The number of carboxylic acids is 1. The van der Waals surface area contributed by atoms with Gasteiger partial charge < -0.3 is 24.6 Å². The molecule has 2 aromatic carbocycles. The highest BCUT2D eigenvalue weighted by Gasteiger charge is 2.24. The van der Waals surface area contributed by atoms with Gasteiger partial charge in [0, 0.05) is 24.5 Å². The molecule has 3 rings (SSSR count). The lowest BCUT2D eigenvalue weighted by molar-refractivity contribution is 0.0141. The average molecular weight is 535 g/mol. The van der Waals surface area contributed by atoms with Crippen LogP contribution in [0.3, 0.4) is 0 Å². The van der Waals surface area contributed by atoms with E-state index >= 15 is 0 Å². The summed E-state index contributed by atoms with van der Waals surface area (Å²) < 4.78 is 11.3. The minimum absolute atomic E-state index is 0.104. The number of carbonyl (C=O) groups excluding carboxylic acids is 1. The van der Waals surface area contributed by atoms with E-state index in [1.807, 2.05) is 58.9 Å². The molecule has 8 heteroatoms. The fourth-order valence-corrected chi connectivity index (χ4v) is 4.04. The second-order valence-corrected chi connectivity index (χ2v) is 10.7. The molecule has 0 saturated heterocycles. The second kappa shape index (κ2) is 13.2. The minimum atomic E-state index is -1.03. The summed E-state index contributed by atoms with van der Waals surface area (Å²) in [6, 6.07) is 16.6. The number of nitrogens with zero attached hydrogens (tertiary/aromatic N) is 2. The van der Waals surface area contributed by atoms with Gasteiger partial charge in [0.1, 0.15) is 16.9 Å². The van der Waals surface area contributed by atoms with Gasteiger partial charge in [-0.2, -0.15) is 0 Å². The number of amides is 1. The van der Waals surface area contributed by atoms with Crippen molar-refractivity contribution < 1.29 is 29.3 Å². The van der Waals surface area contributed by atoms with Gasteiger partial charge >= 0.3 is 12.1 Å². The first-order valence-corrected chi connectivity index (χ1v) is 13.1. The van der Waals surface area contributed by atoms with Crippen LogP contribution in [-0.4, -0.2) is 57.0 Å². The third kappa shape index (κ3) is 9.11. The maximum atomic E-state index is 12.9. The van der Waals surface area contributed by atoms with Gasteiger partial charge in [-0.1, -0.05) is 36.4 Å². The summed E-state index contributed by atoms with van der Waals surface area (Å²) in [6.07, 6.45) is 3.14. The van der Waals surface area contributed by atoms with Crippen LogP contribution in [-0.2, 0) is 11.2 Å². The van der Waals surface area contributed by atoms with Crippen molar-refractivity contribution in [1.82, 2.24) is 9.88 Å². The summed E-state index contributed by atoms with van der Waals surface area (Å²) in [5.41, 5.74) is 3.03. The van der Waals surface area contributed by atoms with Crippen molar-refractivity contribution in [3.8, 4) is 16.9 Å². The van der Waals surface area contributed by atoms with Crippen molar-refractivity contribution in [2.75, 3.05) is 13.1 Å². The number of aromatic nitrogens is 1. The van der Waals surface area contributed by atoms with E-state index in [-0.39, 0.29) is 18.2 Å². The Morgan fingerprint density at radius 2 is 1.72 bits per heavy atom. The van der Waals surface area contributed by atoms with E-state index in [1.54, 1.807) is 42.7 Å². The summed E-state index contributed by atoms with van der Waals surface area (Å²) >= 11 is 0. The van der Waals surface area contributed by atoms with Gasteiger partial charge in [0.2, 0.25) is 0 Å². The molecule has 0 aliphatic heterocycles. The molecule has 1 amide bonds. The van der Waals surface area contributed by atoms with E-state index in [0.29, 0.717) is 24.3 Å². The first kappa shape index (κ1) is 29.6. The monoisotopic (exact) mass is 534 g/mol. The predicted octanol–water partition coefficient (Wildman–Crippen LogP) is 6.14. The molecule has 0 unspecified atom stereocenters. The summed E-state index contributed by atoms with van der Waals surface area (Å²) in [7, 11) is 0. The summed E-state index contributed by atoms with van der Waals surface area (Å²) in [4.78, 5) is 30.0. The van der Waals surface area contributed by atoms with E-state index in [0.717, 1.165) is 23.1 Å². The van der Waals surface area contributed by atoms with Gasteiger partial charge in [0.15, 0.2) is 0 Å². The summed E-state index contributed by atoms with van der Waals surface area (Å²) in [5, 5.41) is 20.1. The molecule has 8 nitrogen and oxygen atoms in total. The van der Waals surface area contributed by atoms with Crippen LogP contribution >= 0.6 is 0 Å². The number of aromatic carboxylic acids is 1. The molecule has 0 fully saturated rings. The van der Waals surface area contributed by atoms with E-state index in [2.05, 4.69) is 4.98 Å². The van der Waals surface area contributed by atoms with E-state index in [4.69, 9.17) is 9.47 Å². The van der Waals surface area contributed by atoms with Gasteiger partial charge in [0.05, 0.1) is 18.8 Å². The molecule has 0 aliphatic carbocycles. The molecule has 1 heterocycles. The van der Waals surface area contributed by atoms with Gasteiger partial charge in [-0.25, -0.2) is 9.59 Å². The highest BCUT2D eigenvalue weighted by atomic mass is 16.6. The number of pyridine rings is 1. The Labute approximate surface area is 230 Å². The molecule has 0 spiro atoms. The molecule has 0 saturated carbocycles. The number of aryl methyl sites for hydroxylation is 1. The lowest BCUT2D eigenvalue weighted by Crippen LogP contribution is -2.40. The van der Waals surface area contributed by atoms with E-state index < -0.39 is 23.8 Å². The Balaban J connectivity index is 1.66. The fourth-order valence-electron chi connectivity index (χ4n) is 4.04. The van der Waals surface area contributed by atoms with Crippen molar-refractivity contribution in [3.63, 3.8) is 0 Å². The number of hydrogen-bond donors (Lipinski definition) is 2. The van der Waals surface area contributed by atoms with Crippen LogP contribution in [0.1, 0.15) is 68.6 Å². The quantitative estimate of drug-likeness (QED) is 0.304. The Hall–Kier alpha value is -3.91. The zero-order chi connectivity index (χ0) is 28.6. The molecule has 1 aromatic heterocycles. The Bertz CT molecular complexity index is 1240. The smallest absolute Gasteiger partial charge is 0.410 e. The molecular formula is C31H38N2O6. The van der Waals surface area contributed by atoms with Crippen LogP contribution in [0.15, 0.2) is 67.0 Å². The number of carbonyl (C=O) groups is 2. The Morgan fingerprint density at radius 1 is 1.03 bits per heavy atom. The van der Waals surface area contributed by atoms with Crippen molar-refractivity contribution in [3.05, 3.63) is 83.7 Å². The average Bonchev–Trinajstić information content (AvgIpc) is 2.87.